The van der Waals surface area contributed by atoms with Crippen LogP contribution >= 0.6 is 24.0 Å². The summed E-state index contributed by atoms with van der Waals surface area (Å²) in [6.07, 6.45) is 4.78. The van der Waals surface area contributed by atoms with E-state index in [9.17, 15) is 5.11 Å². The number of aliphatic imine (C=N–C) groups is 1. The van der Waals surface area contributed by atoms with Crippen LogP contribution in [0.4, 0.5) is 0 Å². The first-order valence-corrected chi connectivity index (χ1v) is 9.90. The van der Waals surface area contributed by atoms with Gasteiger partial charge in [0.1, 0.15) is 22.9 Å². The molecule has 0 radical (unpaired) electrons. The number of aryl methyl sites for hydroxylation is 2. The number of ether oxygens (including phenoxy) is 1. The van der Waals surface area contributed by atoms with E-state index in [0.29, 0.717) is 19.0 Å². The maximum atomic E-state index is 10.9. The van der Waals surface area contributed by atoms with E-state index in [1.807, 2.05) is 32.0 Å². The number of hydrogen-bond acceptors (Lipinski definition) is 5. The second-order valence-corrected chi connectivity index (χ2v) is 7.54. The van der Waals surface area contributed by atoms with Crippen LogP contribution in [0.15, 0.2) is 38.3 Å². The standard InChI is InChI=1S/C21H31N3O4.HI/c1-15-12-19(16(2)28-15)21(3,25)14-24-20(23-13-18-7-5-11-27-18)22-9-8-17-6-4-10-26-17;/h4,6,10,12,18,25H,5,7-9,11,13-14H2,1-3H3,(H2,22,23,24);1H. The Hall–Kier alpha value is -1.52. The first kappa shape index (κ1) is 23.8. The molecule has 29 heavy (non-hydrogen) atoms. The summed E-state index contributed by atoms with van der Waals surface area (Å²) in [6, 6.07) is 5.70. The Kier molecular flexibility index (Phi) is 9.04. The number of hydrogen-bond donors (Lipinski definition) is 3. The topological polar surface area (TPSA) is 92.2 Å². The summed E-state index contributed by atoms with van der Waals surface area (Å²) in [5, 5.41) is 17.6. The molecule has 3 heterocycles. The van der Waals surface area contributed by atoms with Crippen LogP contribution in [0.1, 0.15) is 42.6 Å². The minimum atomic E-state index is -1.11. The van der Waals surface area contributed by atoms with Crippen molar-refractivity contribution >= 4 is 29.9 Å². The largest absolute Gasteiger partial charge is 0.469 e. The number of halogens is 1. The highest BCUT2D eigenvalue weighted by Crippen LogP contribution is 2.27. The molecule has 1 saturated heterocycles. The highest BCUT2D eigenvalue weighted by Gasteiger charge is 2.27. The summed E-state index contributed by atoms with van der Waals surface area (Å²) in [5.41, 5.74) is -0.343. The number of furan rings is 2. The zero-order valence-corrected chi connectivity index (χ0v) is 19.7. The lowest BCUT2D eigenvalue weighted by Crippen LogP contribution is -2.42. The number of aliphatic hydroxyl groups is 1. The van der Waals surface area contributed by atoms with Gasteiger partial charge >= 0.3 is 0 Å². The molecule has 3 N–H and O–H groups in total. The summed E-state index contributed by atoms with van der Waals surface area (Å²) < 4.78 is 16.6. The molecular formula is C21H32IN3O4. The number of nitrogens with zero attached hydrogens (tertiary/aromatic N) is 1. The molecule has 0 spiro atoms. The van der Waals surface area contributed by atoms with Crippen LogP contribution in [0.3, 0.4) is 0 Å². The molecule has 2 atom stereocenters. The van der Waals surface area contributed by atoms with E-state index >= 15 is 0 Å². The fourth-order valence-corrected chi connectivity index (χ4v) is 3.43. The van der Waals surface area contributed by atoms with E-state index < -0.39 is 5.60 Å². The Labute approximate surface area is 189 Å². The van der Waals surface area contributed by atoms with Crippen LogP contribution in [0.25, 0.3) is 0 Å². The van der Waals surface area contributed by atoms with Crippen molar-refractivity contribution in [2.24, 2.45) is 4.99 Å². The molecule has 8 heteroatoms. The second-order valence-electron chi connectivity index (χ2n) is 7.54. The van der Waals surface area contributed by atoms with Crippen LogP contribution in [0.2, 0.25) is 0 Å². The third-order valence-electron chi connectivity index (χ3n) is 4.93. The van der Waals surface area contributed by atoms with Gasteiger partial charge in [-0.25, -0.2) is 4.99 Å². The zero-order chi connectivity index (χ0) is 20.0. The number of guanidine groups is 1. The lowest BCUT2D eigenvalue weighted by Gasteiger charge is -2.22. The third kappa shape index (κ3) is 7.04. The summed E-state index contributed by atoms with van der Waals surface area (Å²) >= 11 is 0. The van der Waals surface area contributed by atoms with Gasteiger partial charge in [-0.1, -0.05) is 0 Å². The molecule has 1 fully saturated rings. The molecule has 162 valence electrons. The lowest BCUT2D eigenvalue weighted by molar-refractivity contribution is 0.0656. The molecule has 0 saturated carbocycles. The summed E-state index contributed by atoms with van der Waals surface area (Å²) in [5.74, 6) is 3.07. The molecular weight excluding hydrogens is 485 g/mol. The quantitative estimate of drug-likeness (QED) is 0.283. The monoisotopic (exact) mass is 517 g/mol. The molecule has 1 aliphatic heterocycles. The van der Waals surface area contributed by atoms with Crippen LogP contribution < -0.4 is 10.6 Å². The van der Waals surface area contributed by atoms with E-state index in [0.717, 1.165) is 48.7 Å². The van der Waals surface area contributed by atoms with Gasteiger partial charge < -0.3 is 29.3 Å². The van der Waals surface area contributed by atoms with Crippen molar-refractivity contribution < 1.29 is 18.7 Å². The van der Waals surface area contributed by atoms with Crippen LogP contribution in [0.5, 0.6) is 0 Å². The van der Waals surface area contributed by atoms with E-state index in [1.54, 1.807) is 13.2 Å². The Morgan fingerprint density at radius 1 is 1.34 bits per heavy atom. The van der Waals surface area contributed by atoms with Gasteiger partial charge in [-0.05, 0) is 51.8 Å². The van der Waals surface area contributed by atoms with Crippen molar-refractivity contribution in [3.63, 3.8) is 0 Å². The Morgan fingerprint density at radius 2 is 2.17 bits per heavy atom. The van der Waals surface area contributed by atoms with Gasteiger partial charge in [0.15, 0.2) is 5.96 Å². The van der Waals surface area contributed by atoms with Gasteiger partial charge in [0.25, 0.3) is 0 Å². The molecule has 7 nitrogen and oxygen atoms in total. The smallest absolute Gasteiger partial charge is 0.191 e. The lowest BCUT2D eigenvalue weighted by atomic mass is 9.96. The zero-order valence-electron chi connectivity index (χ0n) is 17.4. The molecule has 2 aromatic rings. The van der Waals surface area contributed by atoms with Gasteiger partial charge in [0, 0.05) is 31.7 Å². The van der Waals surface area contributed by atoms with E-state index in [1.165, 1.54) is 0 Å². The van der Waals surface area contributed by atoms with Crippen molar-refractivity contribution in [2.75, 3.05) is 26.2 Å². The van der Waals surface area contributed by atoms with E-state index in [-0.39, 0.29) is 36.6 Å². The van der Waals surface area contributed by atoms with Crippen molar-refractivity contribution in [2.45, 2.75) is 51.7 Å². The van der Waals surface area contributed by atoms with Crippen molar-refractivity contribution in [3.05, 3.63) is 47.3 Å². The van der Waals surface area contributed by atoms with E-state index in [4.69, 9.17) is 13.6 Å². The van der Waals surface area contributed by atoms with Gasteiger partial charge in [0.2, 0.25) is 0 Å². The maximum Gasteiger partial charge on any atom is 0.191 e. The van der Waals surface area contributed by atoms with Crippen molar-refractivity contribution in [1.82, 2.24) is 10.6 Å². The average Bonchev–Trinajstić information content (AvgIpc) is 3.39. The van der Waals surface area contributed by atoms with Crippen molar-refractivity contribution in [1.29, 1.82) is 0 Å². The van der Waals surface area contributed by atoms with Gasteiger partial charge in [0.05, 0.1) is 18.9 Å². The fourth-order valence-electron chi connectivity index (χ4n) is 3.43. The summed E-state index contributed by atoms with van der Waals surface area (Å²) in [6.45, 7) is 7.90. The van der Waals surface area contributed by atoms with Crippen molar-refractivity contribution in [3.8, 4) is 0 Å². The first-order chi connectivity index (χ1) is 13.4. The SMILES string of the molecule is Cc1cc(C(C)(O)CN=C(NCCc2ccco2)NCC2CCCO2)c(C)o1.I. The fraction of sp³-hybridized carbons (Fsp3) is 0.571. The predicted molar refractivity (Wildman–Crippen MR) is 123 cm³/mol. The van der Waals surface area contributed by atoms with E-state index in [2.05, 4.69) is 15.6 Å². The molecule has 3 rings (SSSR count). The second kappa shape index (κ2) is 11.0. The molecule has 0 amide bonds. The van der Waals surface area contributed by atoms with Gasteiger partial charge in [-0.2, -0.15) is 0 Å². The molecule has 0 aliphatic carbocycles. The Morgan fingerprint density at radius 3 is 2.79 bits per heavy atom. The first-order valence-electron chi connectivity index (χ1n) is 9.90. The number of rotatable bonds is 8. The Balaban J connectivity index is 0.00000300. The van der Waals surface area contributed by atoms with Crippen LogP contribution in [-0.4, -0.2) is 43.4 Å². The van der Waals surface area contributed by atoms with Gasteiger partial charge in [-0.15, -0.1) is 24.0 Å². The highest BCUT2D eigenvalue weighted by molar-refractivity contribution is 14.0. The van der Waals surface area contributed by atoms with Gasteiger partial charge in [-0.3, -0.25) is 0 Å². The predicted octanol–water partition coefficient (Wildman–Crippen LogP) is 3.27. The maximum absolute atomic E-state index is 10.9. The summed E-state index contributed by atoms with van der Waals surface area (Å²) in [7, 11) is 0. The molecule has 2 unspecified atom stereocenters. The minimum Gasteiger partial charge on any atom is -0.469 e. The molecule has 0 aromatic carbocycles. The number of nitrogens with one attached hydrogen (secondary N) is 2. The third-order valence-corrected chi connectivity index (χ3v) is 4.93. The van der Waals surface area contributed by atoms with Crippen LogP contribution in [0, 0.1) is 13.8 Å². The molecule has 0 bridgehead atoms. The molecule has 2 aromatic heterocycles. The normalized spacial score (nSPS) is 18.9. The van der Waals surface area contributed by atoms with Crippen LogP contribution in [-0.2, 0) is 16.8 Å². The molecule has 1 aliphatic rings. The Bertz CT molecular complexity index is 765. The average molecular weight is 517 g/mol. The highest BCUT2D eigenvalue weighted by atomic mass is 127. The summed E-state index contributed by atoms with van der Waals surface area (Å²) in [4.78, 5) is 4.62. The minimum absolute atomic E-state index is 0.